The van der Waals surface area contributed by atoms with E-state index in [1.165, 1.54) is 0 Å². The van der Waals surface area contributed by atoms with Crippen LogP contribution >= 0.6 is 0 Å². The van der Waals surface area contributed by atoms with Crippen molar-refractivity contribution in [3.63, 3.8) is 0 Å². The fourth-order valence-corrected chi connectivity index (χ4v) is 3.73. The molecule has 1 saturated heterocycles. The summed E-state index contributed by atoms with van der Waals surface area (Å²) in [5.74, 6) is 0.0219. The molecule has 1 aromatic rings. The Morgan fingerprint density at radius 1 is 1.35 bits per heavy atom. The van der Waals surface area contributed by atoms with Gasteiger partial charge in [-0.1, -0.05) is 6.92 Å². The summed E-state index contributed by atoms with van der Waals surface area (Å²) >= 11 is 0. The number of aliphatic hydroxyl groups is 1. The van der Waals surface area contributed by atoms with Crippen molar-refractivity contribution in [3.8, 4) is 0 Å². The second kappa shape index (κ2) is 7.01. The Morgan fingerprint density at radius 2 is 2.13 bits per heavy atom. The van der Waals surface area contributed by atoms with Gasteiger partial charge in [0.2, 0.25) is 0 Å². The number of fused-ring (bicyclic) bond motifs is 1. The number of aromatic nitrogens is 2. The van der Waals surface area contributed by atoms with Crippen molar-refractivity contribution >= 4 is 5.91 Å². The second-order valence-electron chi connectivity index (χ2n) is 6.75. The number of rotatable bonds is 5. The summed E-state index contributed by atoms with van der Waals surface area (Å²) in [6, 6.07) is 0. The zero-order valence-corrected chi connectivity index (χ0v) is 13.9. The van der Waals surface area contributed by atoms with Crippen LogP contribution in [0, 0.1) is 5.41 Å². The molecule has 1 spiro atoms. The van der Waals surface area contributed by atoms with Crippen LogP contribution in [0.5, 0.6) is 0 Å². The summed E-state index contributed by atoms with van der Waals surface area (Å²) < 4.78 is 7.55. The number of hydrogen-bond donors (Lipinski definition) is 2. The van der Waals surface area contributed by atoms with Gasteiger partial charge in [0.1, 0.15) is 0 Å². The van der Waals surface area contributed by atoms with E-state index in [1.54, 1.807) is 0 Å². The normalized spacial score (nSPS) is 20.2. The third-order valence-electron chi connectivity index (χ3n) is 5.19. The lowest BCUT2D eigenvalue weighted by Crippen LogP contribution is -2.40. The molecule has 2 aliphatic heterocycles. The van der Waals surface area contributed by atoms with Crippen molar-refractivity contribution in [1.29, 1.82) is 0 Å². The number of ether oxygens (including phenoxy) is 1. The highest BCUT2D eigenvalue weighted by Crippen LogP contribution is 2.37. The van der Waals surface area contributed by atoms with E-state index < -0.39 is 0 Å². The van der Waals surface area contributed by atoms with Gasteiger partial charge in [-0.3, -0.25) is 9.48 Å². The molecule has 6 nitrogen and oxygen atoms in total. The molecule has 2 N–H and O–H groups in total. The molecular weight excluding hydrogens is 294 g/mol. The van der Waals surface area contributed by atoms with Crippen LogP contribution in [0.1, 0.15) is 54.4 Å². The monoisotopic (exact) mass is 321 g/mol. The van der Waals surface area contributed by atoms with E-state index >= 15 is 0 Å². The molecule has 0 saturated carbocycles. The molecule has 0 aromatic carbocycles. The van der Waals surface area contributed by atoms with Gasteiger partial charge in [0.15, 0.2) is 0 Å². The fourth-order valence-electron chi connectivity index (χ4n) is 3.73. The summed E-state index contributed by atoms with van der Waals surface area (Å²) in [6.07, 6.45) is 5.26. The van der Waals surface area contributed by atoms with E-state index in [0.29, 0.717) is 0 Å². The predicted octanol–water partition coefficient (Wildman–Crippen LogP) is 1.30. The molecule has 3 heterocycles. The van der Waals surface area contributed by atoms with Crippen LogP contribution in [0.25, 0.3) is 0 Å². The molecule has 0 radical (unpaired) electrons. The number of unbranched alkanes of at least 4 members (excludes halogenated alkanes) is 1. The first-order chi connectivity index (χ1) is 11.2. The molecule has 2 aliphatic rings. The number of amides is 1. The van der Waals surface area contributed by atoms with Gasteiger partial charge >= 0.3 is 0 Å². The summed E-state index contributed by atoms with van der Waals surface area (Å²) in [7, 11) is 0. The lowest BCUT2D eigenvalue weighted by Gasteiger charge is -2.36. The van der Waals surface area contributed by atoms with Crippen LogP contribution in [-0.2, 0) is 24.1 Å². The van der Waals surface area contributed by atoms with Gasteiger partial charge in [0, 0.05) is 32.9 Å². The maximum absolute atomic E-state index is 12.6. The van der Waals surface area contributed by atoms with Gasteiger partial charge in [-0.25, -0.2) is 0 Å². The SMILES string of the molecule is CCc1nn(CCCCO)c2c1C(=O)NCC1(CCOCC1)C2. The lowest BCUT2D eigenvalue weighted by molar-refractivity contribution is 0.0152. The molecule has 0 unspecified atom stereocenters. The van der Waals surface area contributed by atoms with E-state index in [1.807, 2.05) is 11.6 Å². The molecule has 23 heavy (non-hydrogen) atoms. The zero-order chi connectivity index (χ0) is 16.3. The average Bonchev–Trinajstić information content (AvgIpc) is 2.84. The van der Waals surface area contributed by atoms with Crippen molar-refractivity contribution in [2.24, 2.45) is 5.41 Å². The Balaban J connectivity index is 1.94. The molecule has 128 valence electrons. The van der Waals surface area contributed by atoms with Crippen LogP contribution in [0.2, 0.25) is 0 Å². The molecular formula is C17H27N3O3. The number of nitrogens with one attached hydrogen (secondary N) is 1. The Bertz CT molecular complexity index is 562. The number of aliphatic hydroxyl groups excluding tert-OH is 1. The average molecular weight is 321 g/mol. The first-order valence-electron chi connectivity index (χ1n) is 8.74. The molecule has 6 heteroatoms. The smallest absolute Gasteiger partial charge is 0.255 e. The predicted molar refractivity (Wildman–Crippen MR) is 86.4 cm³/mol. The second-order valence-corrected chi connectivity index (χ2v) is 6.75. The molecule has 1 amide bonds. The minimum Gasteiger partial charge on any atom is -0.396 e. The number of carbonyl (C=O) groups excluding carboxylic acids is 1. The first-order valence-corrected chi connectivity index (χ1v) is 8.74. The van der Waals surface area contributed by atoms with Crippen molar-refractivity contribution < 1.29 is 14.6 Å². The van der Waals surface area contributed by atoms with Crippen molar-refractivity contribution in [1.82, 2.24) is 15.1 Å². The molecule has 0 bridgehead atoms. The highest BCUT2D eigenvalue weighted by atomic mass is 16.5. The van der Waals surface area contributed by atoms with Crippen LogP contribution in [0.4, 0.5) is 0 Å². The number of hydrogen-bond acceptors (Lipinski definition) is 4. The van der Waals surface area contributed by atoms with Crippen LogP contribution in [0.15, 0.2) is 0 Å². The van der Waals surface area contributed by atoms with Gasteiger partial charge in [-0.05, 0) is 43.9 Å². The Labute approximate surface area is 137 Å². The zero-order valence-electron chi connectivity index (χ0n) is 13.9. The maximum Gasteiger partial charge on any atom is 0.255 e. The third kappa shape index (κ3) is 3.28. The van der Waals surface area contributed by atoms with Crippen LogP contribution in [0.3, 0.4) is 0 Å². The maximum atomic E-state index is 12.6. The van der Waals surface area contributed by atoms with Crippen molar-refractivity contribution in [2.75, 3.05) is 26.4 Å². The Morgan fingerprint density at radius 3 is 2.83 bits per heavy atom. The minimum absolute atomic E-state index is 0.0219. The third-order valence-corrected chi connectivity index (χ3v) is 5.19. The molecule has 3 rings (SSSR count). The van der Waals surface area contributed by atoms with Gasteiger partial charge in [0.05, 0.1) is 17.0 Å². The summed E-state index contributed by atoms with van der Waals surface area (Å²) in [6.45, 7) is 5.27. The highest BCUT2D eigenvalue weighted by molar-refractivity contribution is 5.97. The topological polar surface area (TPSA) is 76.4 Å². The van der Waals surface area contributed by atoms with E-state index in [0.717, 1.165) is 81.8 Å². The van der Waals surface area contributed by atoms with Crippen LogP contribution in [-0.4, -0.2) is 47.2 Å². The van der Waals surface area contributed by atoms with Gasteiger partial charge in [-0.15, -0.1) is 0 Å². The largest absolute Gasteiger partial charge is 0.396 e. The lowest BCUT2D eigenvalue weighted by atomic mass is 9.76. The summed E-state index contributed by atoms with van der Waals surface area (Å²) in [5, 5.41) is 16.8. The van der Waals surface area contributed by atoms with E-state index in [2.05, 4.69) is 5.32 Å². The number of carbonyl (C=O) groups is 1. The molecule has 1 fully saturated rings. The highest BCUT2D eigenvalue weighted by Gasteiger charge is 2.39. The van der Waals surface area contributed by atoms with Crippen molar-refractivity contribution in [2.45, 2.75) is 52.0 Å². The van der Waals surface area contributed by atoms with Gasteiger partial charge in [0.25, 0.3) is 5.91 Å². The van der Waals surface area contributed by atoms with Crippen LogP contribution < -0.4 is 5.32 Å². The minimum atomic E-state index is 0.0219. The molecule has 0 atom stereocenters. The quantitative estimate of drug-likeness (QED) is 0.802. The van der Waals surface area contributed by atoms with Gasteiger partial charge < -0.3 is 15.2 Å². The number of aryl methyl sites for hydroxylation is 2. The summed E-state index contributed by atoms with van der Waals surface area (Å²) in [4.78, 5) is 12.6. The van der Waals surface area contributed by atoms with E-state index in [9.17, 15) is 4.79 Å². The van der Waals surface area contributed by atoms with Crippen molar-refractivity contribution in [3.05, 3.63) is 17.0 Å². The molecule has 1 aromatic heterocycles. The number of nitrogens with zero attached hydrogens (tertiary/aromatic N) is 2. The van der Waals surface area contributed by atoms with Gasteiger partial charge in [-0.2, -0.15) is 5.10 Å². The van der Waals surface area contributed by atoms with E-state index in [4.69, 9.17) is 14.9 Å². The fraction of sp³-hybridized carbons (Fsp3) is 0.765. The standard InChI is InChI=1S/C17H27N3O3/c1-2-13-15-14(20(19-13)7-3-4-8-21)11-17(12-18-16(15)22)5-9-23-10-6-17/h21H,2-12H2,1H3,(H,18,22). The summed E-state index contributed by atoms with van der Waals surface area (Å²) in [5.41, 5.74) is 2.86. The van der Waals surface area contributed by atoms with E-state index in [-0.39, 0.29) is 17.9 Å². The Hall–Kier alpha value is -1.40. The Kier molecular flexibility index (Phi) is 5.02. The first kappa shape index (κ1) is 16.5. The molecule has 0 aliphatic carbocycles.